The zero-order chi connectivity index (χ0) is 21.8. The Balaban J connectivity index is 2.41. The molecule has 6 nitrogen and oxygen atoms in total. The smallest absolute Gasteiger partial charge is 0.338 e. The van der Waals surface area contributed by atoms with E-state index >= 15 is 0 Å². The van der Waals surface area contributed by atoms with Crippen LogP contribution in [0.1, 0.15) is 52.7 Å². The maximum Gasteiger partial charge on any atom is 0.338 e. The van der Waals surface area contributed by atoms with Crippen molar-refractivity contribution in [3.63, 3.8) is 0 Å². The zero-order valence-electron chi connectivity index (χ0n) is 16.5. The summed E-state index contributed by atoms with van der Waals surface area (Å²) in [5.74, 6) is -0.563. The summed E-state index contributed by atoms with van der Waals surface area (Å²) in [7, 11) is 0. The van der Waals surface area contributed by atoms with Crippen LogP contribution in [-0.2, 0) is 23.2 Å². The summed E-state index contributed by atoms with van der Waals surface area (Å²) in [6.07, 6.45) is 0.793. The van der Waals surface area contributed by atoms with Crippen molar-refractivity contribution in [1.82, 2.24) is 0 Å². The van der Waals surface area contributed by atoms with Gasteiger partial charge in [-0.25, -0.2) is 4.79 Å². The van der Waals surface area contributed by atoms with E-state index < -0.39 is 11.4 Å². The Morgan fingerprint density at radius 2 is 1.53 bits per heavy atom. The first-order valence-electron chi connectivity index (χ1n) is 9.46. The molecule has 2 aromatic carbocycles. The second-order valence-electron chi connectivity index (χ2n) is 6.83. The van der Waals surface area contributed by atoms with Crippen LogP contribution >= 0.6 is 0 Å². The fourth-order valence-corrected chi connectivity index (χ4v) is 3.21. The zero-order valence-corrected chi connectivity index (χ0v) is 16.5. The standard InChI is InChI=1S/C24H20N4O2/c25-11-4-9-24(18-28,10-5-12-26)22-15-20(8-13-27)14-21(16-22)23(29)30-17-19-6-2-1-3-7-19/h1-3,6-7,14-16H,4-5,8-10,17H2. The molecule has 0 radical (unpaired) electrons. The van der Waals surface area contributed by atoms with E-state index in [4.69, 9.17) is 20.5 Å². The summed E-state index contributed by atoms with van der Waals surface area (Å²) < 4.78 is 5.40. The van der Waals surface area contributed by atoms with Gasteiger partial charge in [0.15, 0.2) is 0 Å². The fourth-order valence-electron chi connectivity index (χ4n) is 3.21. The molecule has 30 heavy (non-hydrogen) atoms. The van der Waals surface area contributed by atoms with Gasteiger partial charge in [0.2, 0.25) is 0 Å². The quantitative estimate of drug-likeness (QED) is 0.576. The van der Waals surface area contributed by atoms with Gasteiger partial charge in [-0.3, -0.25) is 0 Å². The third-order valence-corrected chi connectivity index (χ3v) is 4.82. The van der Waals surface area contributed by atoms with Crippen molar-refractivity contribution < 1.29 is 9.53 Å². The first kappa shape index (κ1) is 22.2. The van der Waals surface area contributed by atoms with Gasteiger partial charge < -0.3 is 4.74 Å². The van der Waals surface area contributed by atoms with Gasteiger partial charge in [0, 0.05) is 12.8 Å². The van der Waals surface area contributed by atoms with Gasteiger partial charge in [0.05, 0.1) is 41.7 Å². The topological polar surface area (TPSA) is 121 Å². The van der Waals surface area contributed by atoms with E-state index in [-0.39, 0.29) is 44.3 Å². The third-order valence-electron chi connectivity index (χ3n) is 4.82. The number of nitrogens with zero attached hydrogens (tertiary/aromatic N) is 4. The number of benzene rings is 2. The van der Waals surface area contributed by atoms with Crippen LogP contribution in [0.15, 0.2) is 48.5 Å². The van der Waals surface area contributed by atoms with Crippen LogP contribution in [0.4, 0.5) is 0 Å². The fraction of sp³-hybridized carbons (Fsp3) is 0.292. The van der Waals surface area contributed by atoms with Crippen molar-refractivity contribution in [2.45, 2.75) is 44.1 Å². The van der Waals surface area contributed by atoms with E-state index in [0.29, 0.717) is 11.1 Å². The summed E-state index contributed by atoms with van der Waals surface area (Å²) in [6.45, 7) is 0.101. The van der Waals surface area contributed by atoms with Crippen LogP contribution in [0.25, 0.3) is 0 Å². The van der Waals surface area contributed by atoms with Crippen LogP contribution in [0.2, 0.25) is 0 Å². The molecule has 0 N–H and O–H groups in total. The van der Waals surface area contributed by atoms with Gasteiger partial charge in [-0.15, -0.1) is 0 Å². The van der Waals surface area contributed by atoms with Crippen molar-refractivity contribution in [1.29, 1.82) is 21.0 Å². The highest BCUT2D eigenvalue weighted by Crippen LogP contribution is 2.35. The molecule has 0 heterocycles. The lowest BCUT2D eigenvalue weighted by Gasteiger charge is -2.26. The molecule has 0 bridgehead atoms. The highest BCUT2D eigenvalue weighted by Gasteiger charge is 2.33. The molecule has 0 spiro atoms. The van der Waals surface area contributed by atoms with E-state index in [1.165, 1.54) is 0 Å². The Labute approximate surface area is 176 Å². The van der Waals surface area contributed by atoms with E-state index in [2.05, 4.69) is 12.1 Å². The lowest BCUT2D eigenvalue weighted by atomic mass is 9.73. The molecule has 0 atom stereocenters. The maximum atomic E-state index is 12.7. The Morgan fingerprint density at radius 3 is 2.10 bits per heavy atom. The van der Waals surface area contributed by atoms with Crippen LogP contribution in [0, 0.1) is 45.3 Å². The van der Waals surface area contributed by atoms with Crippen LogP contribution in [0.5, 0.6) is 0 Å². The van der Waals surface area contributed by atoms with Gasteiger partial charge in [-0.05, 0) is 41.7 Å². The van der Waals surface area contributed by atoms with Gasteiger partial charge in [-0.1, -0.05) is 36.4 Å². The third kappa shape index (κ3) is 5.68. The Kier molecular flexibility index (Phi) is 8.14. The normalized spacial score (nSPS) is 10.1. The minimum atomic E-state index is -1.09. The molecule has 0 aliphatic rings. The minimum absolute atomic E-state index is 0.0603. The molecule has 0 saturated heterocycles. The minimum Gasteiger partial charge on any atom is -0.457 e. The van der Waals surface area contributed by atoms with Crippen molar-refractivity contribution in [2.24, 2.45) is 0 Å². The van der Waals surface area contributed by atoms with Crippen molar-refractivity contribution >= 4 is 5.97 Å². The number of hydrogen-bond donors (Lipinski definition) is 0. The molecule has 0 aromatic heterocycles. The largest absolute Gasteiger partial charge is 0.457 e. The maximum absolute atomic E-state index is 12.7. The molecule has 2 aromatic rings. The number of nitriles is 4. The number of carbonyl (C=O) groups excluding carboxylic acids is 1. The summed E-state index contributed by atoms with van der Waals surface area (Å²) in [4.78, 5) is 12.7. The Bertz CT molecular complexity index is 1030. The van der Waals surface area contributed by atoms with Gasteiger partial charge in [-0.2, -0.15) is 21.0 Å². The molecule has 0 amide bonds. The molecule has 0 fully saturated rings. The average molecular weight is 396 g/mol. The first-order chi connectivity index (χ1) is 14.6. The highest BCUT2D eigenvalue weighted by atomic mass is 16.5. The SMILES string of the molecule is N#CCCC(C#N)(CCC#N)c1cc(CC#N)cc(C(=O)OCc2ccccc2)c1. The van der Waals surface area contributed by atoms with Gasteiger partial charge in [0.1, 0.15) is 6.61 Å². The number of esters is 1. The molecular weight excluding hydrogens is 376 g/mol. The van der Waals surface area contributed by atoms with E-state index in [1.54, 1.807) is 18.2 Å². The van der Waals surface area contributed by atoms with E-state index in [0.717, 1.165) is 5.56 Å². The summed E-state index contributed by atoms with van der Waals surface area (Å²) in [6, 6.07) is 22.5. The number of carbonyl (C=O) groups is 1. The molecule has 0 aliphatic heterocycles. The Hall–Kier alpha value is -4.13. The lowest BCUT2D eigenvalue weighted by Crippen LogP contribution is -2.25. The molecular formula is C24H20N4O2. The molecule has 0 saturated carbocycles. The molecule has 148 valence electrons. The average Bonchev–Trinajstić information content (AvgIpc) is 2.78. The Morgan fingerprint density at radius 1 is 0.867 bits per heavy atom. The second-order valence-corrected chi connectivity index (χ2v) is 6.83. The van der Waals surface area contributed by atoms with Gasteiger partial charge >= 0.3 is 5.97 Å². The van der Waals surface area contributed by atoms with Crippen molar-refractivity contribution in [2.75, 3.05) is 0 Å². The number of hydrogen-bond acceptors (Lipinski definition) is 6. The van der Waals surface area contributed by atoms with E-state index in [9.17, 15) is 10.1 Å². The summed E-state index contributed by atoms with van der Waals surface area (Å²) >= 11 is 0. The van der Waals surface area contributed by atoms with Crippen molar-refractivity contribution in [3.05, 3.63) is 70.8 Å². The summed E-state index contributed by atoms with van der Waals surface area (Å²) in [5, 5.41) is 37.1. The molecule has 0 unspecified atom stereocenters. The second kappa shape index (κ2) is 11.0. The molecule has 2 rings (SSSR count). The first-order valence-corrected chi connectivity index (χ1v) is 9.46. The van der Waals surface area contributed by atoms with Crippen molar-refractivity contribution in [3.8, 4) is 24.3 Å². The monoisotopic (exact) mass is 396 g/mol. The predicted octanol–water partition coefficient (Wildman–Crippen LogP) is 4.48. The van der Waals surface area contributed by atoms with Crippen LogP contribution in [0.3, 0.4) is 0 Å². The molecule has 0 aliphatic carbocycles. The summed E-state index contributed by atoms with van der Waals surface area (Å²) in [5.41, 5.74) is 1.09. The highest BCUT2D eigenvalue weighted by molar-refractivity contribution is 5.90. The van der Waals surface area contributed by atoms with Crippen LogP contribution in [-0.4, -0.2) is 5.97 Å². The predicted molar refractivity (Wildman–Crippen MR) is 108 cm³/mol. The van der Waals surface area contributed by atoms with E-state index in [1.807, 2.05) is 42.5 Å². The molecule has 6 heteroatoms. The van der Waals surface area contributed by atoms with Crippen LogP contribution < -0.4 is 0 Å². The lowest BCUT2D eigenvalue weighted by molar-refractivity contribution is 0.0472. The number of rotatable bonds is 9. The van der Waals surface area contributed by atoms with Gasteiger partial charge in [0.25, 0.3) is 0 Å². The number of ether oxygens (including phenoxy) is 1.